The maximum absolute atomic E-state index is 5.61. The van der Waals surface area contributed by atoms with Crippen LogP contribution in [0.15, 0.2) is 4.99 Å². The molecule has 0 radical (unpaired) electrons. The first-order valence-corrected chi connectivity index (χ1v) is 8.53. The van der Waals surface area contributed by atoms with Gasteiger partial charge in [-0.15, -0.1) is 24.0 Å². The van der Waals surface area contributed by atoms with Crippen molar-refractivity contribution in [3.8, 4) is 0 Å². The van der Waals surface area contributed by atoms with Crippen molar-refractivity contribution >= 4 is 29.9 Å². The van der Waals surface area contributed by atoms with Crippen molar-refractivity contribution in [3.63, 3.8) is 0 Å². The lowest BCUT2D eigenvalue weighted by atomic mass is 10.4. The summed E-state index contributed by atoms with van der Waals surface area (Å²) in [5.74, 6) is 1.72. The zero-order valence-electron chi connectivity index (χ0n) is 14.6. The van der Waals surface area contributed by atoms with Crippen LogP contribution in [0, 0.1) is 5.92 Å². The van der Waals surface area contributed by atoms with E-state index in [1.54, 1.807) is 7.11 Å². The minimum atomic E-state index is 0. The van der Waals surface area contributed by atoms with Crippen LogP contribution in [0.5, 0.6) is 0 Å². The molecule has 23 heavy (non-hydrogen) atoms. The zero-order valence-corrected chi connectivity index (χ0v) is 17.0. The van der Waals surface area contributed by atoms with Gasteiger partial charge in [0.15, 0.2) is 5.96 Å². The molecule has 1 saturated carbocycles. The molecule has 0 amide bonds. The lowest BCUT2D eigenvalue weighted by Crippen LogP contribution is -2.38. The highest BCUT2D eigenvalue weighted by Gasteiger charge is 2.20. The Morgan fingerprint density at radius 3 is 2.52 bits per heavy atom. The second-order valence-electron chi connectivity index (χ2n) is 5.52. The van der Waals surface area contributed by atoms with Gasteiger partial charge in [0.25, 0.3) is 0 Å². The van der Waals surface area contributed by atoms with Gasteiger partial charge >= 0.3 is 0 Å². The molecular weight excluding hydrogens is 409 g/mol. The molecule has 6 nitrogen and oxygen atoms in total. The summed E-state index contributed by atoms with van der Waals surface area (Å²) in [7, 11) is 1.68. The topological polar surface area (TPSA) is 64.1 Å². The Labute approximate surface area is 158 Å². The Morgan fingerprint density at radius 2 is 1.83 bits per heavy atom. The summed E-state index contributed by atoms with van der Waals surface area (Å²) in [4.78, 5) is 4.55. The second-order valence-corrected chi connectivity index (χ2v) is 5.52. The van der Waals surface area contributed by atoms with E-state index in [0.717, 1.165) is 64.2 Å². The van der Waals surface area contributed by atoms with E-state index >= 15 is 0 Å². The van der Waals surface area contributed by atoms with Gasteiger partial charge in [-0.1, -0.05) is 0 Å². The van der Waals surface area contributed by atoms with E-state index in [9.17, 15) is 0 Å². The number of ether oxygens (including phenoxy) is 3. The van der Waals surface area contributed by atoms with Crippen LogP contribution in [0.3, 0.4) is 0 Å². The number of aliphatic imine (C=N–C) groups is 1. The first kappa shape index (κ1) is 22.9. The lowest BCUT2D eigenvalue weighted by molar-refractivity contribution is 0.0698. The number of hydrogen-bond acceptors (Lipinski definition) is 4. The van der Waals surface area contributed by atoms with Crippen molar-refractivity contribution in [1.82, 2.24) is 10.6 Å². The summed E-state index contributed by atoms with van der Waals surface area (Å²) in [6, 6.07) is 0. The van der Waals surface area contributed by atoms with Crippen molar-refractivity contribution in [2.75, 3.05) is 59.8 Å². The van der Waals surface area contributed by atoms with Crippen LogP contribution in [0.1, 0.15) is 32.6 Å². The molecule has 1 rings (SSSR count). The molecule has 0 aromatic carbocycles. The van der Waals surface area contributed by atoms with Crippen LogP contribution in [0.4, 0.5) is 0 Å². The number of methoxy groups -OCH3 is 1. The van der Waals surface area contributed by atoms with Crippen molar-refractivity contribution < 1.29 is 14.2 Å². The van der Waals surface area contributed by atoms with E-state index in [4.69, 9.17) is 14.2 Å². The summed E-state index contributed by atoms with van der Waals surface area (Å²) in [5, 5.41) is 6.57. The standard InChI is InChI=1S/C16H33N3O3.HI/c1-3-17-16(18-8-4-10-21-13-12-20-2)19-9-5-11-22-14-15-6-7-15;/h15H,3-14H2,1-2H3,(H2,17,18,19);1H. The Balaban J connectivity index is 0.00000484. The Hall–Kier alpha value is -0.120. The summed E-state index contributed by atoms with van der Waals surface area (Å²) in [5.41, 5.74) is 0. The van der Waals surface area contributed by atoms with Crippen LogP contribution >= 0.6 is 24.0 Å². The number of nitrogens with one attached hydrogen (secondary N) is 2. The third kappa shape index (κ3) is 15.2. The summed E-state index contributed by atoms with van der Waals surface area (Å²) in [6.45, 7) is 8.40. The molecule has 1 aliphatic carbocycles. The molecule has 0 spiro atoms. The predicted octanol–water partition coefficient (Wildman–Crippen LogP) is 2.03. The lowest BCUT2D eigenvalue weighted by Gasteiger charge is -2.11. The van der Waals surface area contributed by atoms with Gasteiger partial charge in [0.05, 0.1) is 13.2 Å². The van der Waals surface area contributed by atoms with E-state index in [-0.39, 0.29) is 24.0 Å². The predicted molar refractivity (Wildman–Crippen MR) is 105 cm³/mol. The van der Waals surface area contributed by atoms with Crippen LogP contribution in [0.25, 0.3) is 0 Å². The van der Waals surface area contributed by atoms with Crippen molar-refractivity contribution in [2.24, 2.45) is 10.9 Å². The van der Waals surface area contributed by atoms with E-state index in [2.05, 4.69) is 22.5 Å². The maximum atomic E-state index is 5.61. The minimum Gasteiger partial charge on any atom is -0.382 e. The molecule has 1 aliphatic rings. The molecule has 0 aromatic heterocycles. The Bertz CT molecular complexity index is 290. The van der Waals surface area contributed by atoms with E-state index < -0.39 is 0 Å². The highest BCUT2D eigenvalue weighted by atomic mass is 127. The van der Waals surface area contributed by atoms with Crippen LogP contribution in [0.2, 0.25) is 0 Å². The van der Waals surface area contributed by atoms with E-state index in [0.29, 0.717) is 13.2 Å². The highest BCUT2D eigenvalue weighted by Crippen LogP contribution is 2.28. The van der Waals surface area contributed by atoms with Gasteiger partial charge < -0.3 is 24.8 Å². The number of guanidine groups is 1. The van der Waals surface area contributed by atoms with Gasteiger partial charge in [0.2, 0.25) is 0 Å². The monoisotopic (exact) mass is 443 g/mol. The molecule has 138 valence electrons. The average Bonchev–Trinajstić information content (AvgIpc) is 3.34. The van der Waals surface area contributed by atoms with Gasteiger partial charge in [0.1, 0.15) is 0 Å². The first-order chi connectivity index (χ1) is 10.9. The minimum absolute atomic E-state index is 0. The molecule has 0 aromatic rings. The molecular formula is C16H34IN3O3. The van der Waals surface area contributed by atoms with Crippen LogP contribution < -0.4 is 10.6 Å². The summed E-state index contributed by atoms with van der Waals surface area (Å²) < 4.78 is 16.0. The molecule has 0 bridgehead atoms. The number of rotatable bonds is 14. The average molecular weight is 443 g/mol. The first-order valence-electron chi connectivity index (χ1n) is 8.53. The Morgan fingerprint density at radius 1 is 1.04 bits per heavy atom. The smallest absolute Gasteiger partial charge is 0.191 e. The number of nitrogens with zero attached hydrogens (tertiary/aromatic N) is 1. The SMILES string of the molecule is CCNC(=NCCCOCC1CC1)NCCCOCCOC.I. The highest BCUT2D eigenvalue weighted by molar-refractivity contribution is 14.0. The fourth-order valence-electron chi connectivity index (χ4n) is 1.86. The molecule has 0 atom stereocenters. The quantitative estimate of drug-likeness (QED) is 0.186. The van der Waals surface area contributed by atoms with Gasteiger partial charge in [-0.2, -0.15) is 0 Å². The normalized spacial score (nSPS) is 14.4. The molecule has 0 saturated heterocycles. The van der Waals surface area contributed by atoms with Crippen molar-refractivity contribution in [1.29, 1.82) is 0 Å². The van der Waals surface area contributed by atoms with Crippen molar-refractivity contribution in [2.45, 2.75) is 32.6 Å². The van der Waals surface area contributed by atoms with Gasteiger partial charge in [-0.25, -0.2) is 0 Å². The summed E-state index contributed by atoms with van der Waals surface area (Å²) >= 11 is 0. The zero-order chi connectivity index (χ0) is 15.9. The third-order valence-electron chi connectivity index (χ3n) is 3.30. The van der Waals surface area contributed by atoms with Gasteiger partial charge in [0, 0.05) is 46.6 Å². The van der Waals surface area contributed by atoms with Crippen LogP contribution in [-0.2, 0) is 14.2 Å². The van der Waals surface area contributed by atoms with Crippen LogP contribution in [-0.4, -0.2) is 65.7 Å². The molecule has 0 unspecified atom stereocenters. The second kappa shape index (κ2) is 16.7. The fraction of sp³-hybridized carbons (Fsp3) is 0.938. The van der Waals surface area contributed by atoms with Gasteiger partial charge in [-0.3, -0.25) is 4.99 Å². The number of halogens is 1. The molecule has 0 heterocycles. The molecule has 7 heteroatoms. The molecule has 2 N–H and O–H groups in total. The van der Waals surface area contributed by atoms with Crippen molar-refractivity contribution in [3.05, 3.63) is 0 Å². The summed E-state index contributed by atoms with van der Waals surface area (Å²) in [6.07, 6.45) is 4.63. The molecule has 0 aliphatic heterocycles. The maximum Gasteiger partial charge on any atom is 0.191 e. The third-order valence-corrected chi connectivity index (χ3v) is 3.30. The fourth-order valence-corrected chi connectivity index (χ4v) is 1.86. The van der Waals surface area contributed by atoms with E-state index in [1.807, 2.05) is 0 Å². The molecule has 1 fully saturated rings. The largest absolute Gasteiger partial charge is 0.382 e. The number of hydrogen-bond donors (Lipinski definition) is 2. The Kier molecular flexibility index (Phi) is 16.6. The van der Waals surface area contributed by atoms with E-state index in [1.165, 1.54) is 12.8 Å². The van der Waals surface area contributed by atoms with Gasteiger partial charge in [-0.05, 0) is 38.5 Å².